The van der Waals surface area contributed by atoms with Gasteiger partial charge < -0.3 is 34.9 Å². The predicted octanol–water partition coefficient (Wildman–Crippen LogP) is 5.74. The largest absolute Gasteiger partial charge is 0.461 e. The molecule has 0 saturated heterocycles. The number of carbonyl (C=O) groups excluding carboxylic acids is 5. The maximum absolute atomic E-state index is 13.7. The fourth-order valence-corrected chi connectivity index (χ4v) is 4.87. The van der Waals surface area contributed by atoms with E-state index < -0.39 is 48.5 Å². The van der Waals surface area contributed by atoms with Crippen LogP contribution in [-0.4, -0.2) is 48.7 Å². The van der Waals surface area contributed by atoms with Crippen LogP contribution in [0, 0.1) is 0 Å². The molecule has 0 fully saturated rings. The number of amides is 3. The summed E-state index contributed by atoms with van der Waals surface area (Å²) in [6.07, 6.45) is -0.991. The number of rotatable bonds is 19. The average molecular weight is 710 g/mol. The molecular formula is C40H43N3O9. The third-order valence-electron chi connectivity index (χ3n) is 7.66. The van der Waals surface area contributed by atoms with Crippen LogP contribution in [-0.2, 0) is 59.8 Å². The number of alkyl carbamates (subject to hydrolysis) is 2. The monoisotopic (exact) mass is 709 g/mol. The van der Waals surface area contributed by atoms with Crippen LogP contribution in [0.5, 0.6) is 0 Å². The van der Waals surface area contributed by atoms with Crippen LogP contribution in [0.15, 0.2) is 121 Å². The van der Waals surface area contributed by atoms with Crippen LogP contribution in [0.1, 0.15) is 47.9 Å². The van der Waals surface area contributed by atoms with Gasteiger partial charge in [0, 0.05) is 6.54 Å². The standard InChI is InChI=1S/C40H43N3O9/c44-36(49-26-30-15-5-1-6-16-30)25-35(38(46)50-27-31-17-7-2-8-18-31)42-37(45)34(43-40(48)52-29-33-21-11-4-12-22-33)23-13-14-24-41-39(47)51-28-32-19-9-3-10-20-32/h1-12,15-22,34-35H,13-14,23-29H2,(H,41,47)(H,42,45)(H,43,48)/t34-,35-/m0/s1. The number of hydrogen-bond acceptors (Lipinski definition) is 9. The van der Waals surface area contributed by atoms with Crippen LogP contribution in [0.25, 0.3) is 0 Å². The smallest absolute Gasteiger partial charge is 0.408 e. The van der Waals surface area contributed by atoms with E-state index in [1.807, 2.05) is 48.5 Å². The van der Waals surface area contributed by atoms with Crippen LogP contribution in [0.4, 0.5) is 9.59 Å². The molecule has 0 aromatic heterocycles. The van der Waals surface area contributed by atoms with Gasteiger partial charge in [-0.2, -0.15) is 0 Å². The highest BCUT2D eigenvalue weighted by molar-refractivity contribution is 5.91. The third kappa shape index (κ3) is 14.8. The van der Waals surface area contributed by atoms with E-state index in [4.69, 9.17) is 18.9 Å². The molecule has 12 heteroatoms. The van der Waals surface area contributed by atoms with E-state index in [-0.39, 0.29) is 39.4 Å². The first kappa shape index (κ1) is 38.6. The van der Waals surface area contributed by atoms with Gasteiger partial charge in [-0.1, -0.05) is 121 Å². The van der Waals surface area contributed by atoms with Crippen molar-refractivity contribution in [2.24, 2.45) is 0 Å². The molecule has 0 radical (unpaired) electrons. The fraction of sp³-hybridized carbons (Fsp3) is 0.275. The van der Waals surface area contributed by atoms with Gasteiger partial charge in [0.1, 0.15) is 38.5 Å². The van der Waals surface area contributed by atoms with E-state index in [0.29, 0.717) is 18.4 Å². The number of ether oxygens (including phenoxy) is 4. The first-order valence-electron chi connectivity index (χ1n) is 17.0. The van der Waals surface area contributed by atoms with Gasteiger partial charge in [-0.25, -0.2) is 14.4 Å². The molecule has 2 atom stereocenters. The number of unbranched alkanes of at least 4 members (excludes halogenated alkanes) is 1. The van der Waals surface area contributed by atoms with Crippen LogP contribution < -0.4 is 16.0 Å². The normalized spacial score (nSPS) is 11.6. The van der Waals surface area contributed by atoms with Crippen molar-refractivity contribution in [1.29, 1.82) is 0 Å². The number of nitrogens with one attached hydrogen (secondary N) is 3. The van der Waals surface area contributed by atoms with Crippen molar-refractivity contribution in [1.82, 2.24) is 16.0 Å². The van der Waals surface area contributed by atoms with Gasteiger partial charge in [-0.05, 0) is 41.5 Å². The lowest BCUT2D eigenvalue weighted by atomic mass is 10.1. The second-order valence-corrected chi connectivity index (χ2v) is 11.7. The molecule has 3 N–H and O–H groups in total. The minimum atomic E-state index is -1.41. The topological polar surface area (TPSA) is 158 Å². The second kappa shape index (κ2) is 21.8. The molecule has 0 saturated carbocycles. The van der Waals surface area contributed by atoms with E-state index in [9.17, 15) is 24.0 Å². The molecule has 4 aromatic rings. The summed E-state index contributed by atoms with van der Waals surface area (Å²) in [7, 11) is 0. The Balaban J connectivity index is 1.36. The minimum Gasteiger partial charge on any atom is -0.461 e. The van der Waals surface area contributed by atoms with Crippen LogP contribution in [0.2, 0.25) is 0 Å². The Labute approximate surface area is 302 Å². The molecule has 0 spiro atoms. The molecule has 0 aliphatic rings. The first-order chi connectivity index (χ1) is 25.4. The first-order valence-corrected chi connectivity index (χ1v) is 17.0. The number of carbonyl (C=O) groups is 5. The zero-order valence-electron chi connectivity index (χ0n) is 28.7. The molecule has 3 amide bonds. The van der Waals surface area contributed by atoms with Crippen molar-refractivity contribution < 1.29 is 42.9 Å². The van der Waals surface area contributed by atoms with Crippen molar-refractivity contribution in [3.63, 3.8) is 0 Å². The van der Waals surface area contributed by atoms with E-state index in [1.165, 1.54) is 0 Å². The quantitative estimate of drug-likeness (QED) is 0.0627. The van der Waals surface area contributed by atoms with Crippen molar-refractivity contribution in [3.8, 4) is 0 Å². The van der Waals surface area contributed by atoms with Gasteiger partial charge in [0.2, 0.25) is 5.91 Å². The molecule has 0 heterocycles. The number of benzene rings is 4. The molecule has 272 valence electrons. The van der Waals surface area contributed by atoms with E-state index in [0.717, 1.165) is 16.7 Å². The highest BCUT2D eigenvalue weighted by atomic mass is 16.6. The summed E-state index contributed by atoms with van der Waals surface area (Å²) in [6, 6.07) is 33.7. The summed E-state index contributed by atoms with van der Waals surface area (Å²) in [5, 5.41) is 7.82. The van der Waals surface area contributed by atoms with Crippen molar-refractivity contribution in [3.05, 3.63) is 144 Å². The lowest BCUT2D eigenvalue weighted by molar-refractivity contribution is -0.155. The summed E-state index contributed by atoms with van der Waals surface area (Å²) in [5.41, 5.74) is 3.06. The maximum Gasteiger partial charge on any atom is 0.408 e. The van der Waals surface area contributed by atoms with E-state index in [1.54, 1.807) is 72.8 Å². The van der Waals surface area contributed by atoms with Gasteiger partial charge in [-0.3, -0.25) is 9.59 Å². The van der Waals surface area contributed by atoms with Crippen molar-refractivity contribution in [2.45, 2.75) is 64.2 Å². The van der Waals surface area contributed by atoms with Gasteiger partial charge in [0.15, 0.2) is 0 Å². The zero-order valence-corrected chi connectivity index (χ0v) is 28.7. The highest BCUT2D eigenvalue weighted by Crippen LogP contribution is 2.10. The summed E-state index contributed by atoms with van der Waals surface area (Å²) >= 11 is 0. The van der Waals surface area contributed by atoms with Crippen molar-refractivity contribution >= 4 is 30.0 Å². The Morgan fingerprint density at radius 2 is 0.923 bits per heavy atom. The van der Waals surface area contributed by atoms with Crippen LogP contribution in [0.3, 0.4) is 0 Å². The van der Waals surface area contributed by atoms with E-state index in [2.05, 4.69) is 16.0 Å². The van der Waals surface area contributed by atoms with Crippen LogP contribution >= 0.6 is 0 Å². The highest BCUT2D eigenvalue weighted by Gasteiger charge is 2.30. The Hall–Kier alpha value is -6.17. The number of hydrogen-bond donors (Lipinski definition) is 3. The third-order valence-corrected chi connectivity index (χ3v) is 7.66. The molecule has 0 bridgehead atoms. The minimum absolute atomic E-state index is 0.0231. The Morgan fingerprint density at radius 1 is 0.481 bits per heavy atom. The molecule has 12 nitrogen and oxygen atoms in total. The fourth-order valence-electron chi connectivity index (χ4n) is 4.87. The molecule has 0 aliphatic heterocycles. The summed E-state index contributed by atoms with van der Waals surface area (Å²) in [6.45, 7) is 0.239. The summed E-state index contributed by atoms with van der Waals surface area (Å²) in [5.74, 6) is -2.32. The molecule has 0 aliphatic carbocycles. The Kier molecular flexibility index (Phi) is 16.2. The Bertz CT molecular complexity index is 1690. The molecule has 0 unspecified atom stereocenters. The van der Waals surface area contributed by atoms with Gasteiger partial charge in [0.05, 0.1) is 6.42 Å². The summed E-state index contributed by atoms with van der Waals surface area (Å²) < 4.78 is 21.4. The number of esters is 2. The van der Waals surface area contributed by atoms with Gasteiger partial charge in [-0.15, -0.1) is 0 Å². The molecule has 52 heavy (non-hydrogen) atoms. The lowest BCUT2D eigenvalue weighted by Crippen LogP contribution is -2.52. The lowest BCUT2D eigenvalue weighted by Gasteiger charge is -2.22. The second-order valence-electron chi connectivity index (χ2n) is 11.7. The summed E-state index contributed by atoms with van der Waals surface area (Å²) in [4.78, 5) is 64.8. The zero-order chi connectivity index (χ0) is 36.8. The Morgan fingerprint density at radius 3 is 1.42 bits per heavy atom. The predicted molar refractivity (Wildman–Crippen MR) is 191 cm³/mol. The van der Waals surface area contributed by atoms with Gasteiger partial charge in [0.25, 0.3) is 0 Å². The molecule has 4 rings (SSSR count). The molecule has 4 aromatic carbocycles. The van der Waals surface area contributed by atoms with Crippen molar-refractivity contribution in [2.75, 3.05) is 6.54 Å². The molecular weight excluding hydrogens is 666 g/mol. The maximum atomic E-state index is 13.7. The van der Waals surface area contributed by atoms with Gasteiger partial charge >= 0.3 is 24.1 Å². The van der Waals surface area contributed by atoms with E-state index >= 15 is 0 Å². The average Bonchev–Trinajstić information content (AvgIpc) is 3.18. The SMILES string of the molecule is O=C(C[C@H](NC(=O)[C@H](CCCCNC(=O)OCc1ccccc1)NC(=O)OCc1ccccc1)C(=O)OCc1ccccc1)OCc1ccccc1.